The number of nitrogens with zero attached hydrogens (tertiary/aromatic N) is 3. The SMILES string of the molecule is c1ccc2oc(-c3ccc4ccc5c(-c6cc(-c7ccncc7)cc(-c7ccncc7)c6)ccc6ccc3c4c65)nc2c1. The lowest BCUT2D eigenvalue weighted by atomic mass is 9.87. The molecule has 4 nitrogen and oxygen atoms in total. The van der Waals surface area contributed by atoms with Crippen LogP contribution in [0.25, 0.3) is 88.3 Å². The molecular weight excluding hydrogens is 526 g/mol. The minimum Gasteiger partial charge on any atom is -0.436 e. The van der Waals surface area contributed by atoms with Gasteiger partial charge in [-0.15, -0.1) is 0 Å². The lowest BCUT2D eigenvalue weighted by Gasteiger charge is -2.17. The smallest absolute Gasteiger partial charge is 0.227 e. The molecule has 0 aliphatic heterocycles. The Morgan fingerprint density at radius 1 is 0.442 bits per heavy atom. The van der Waals surface area contributed by atoms with E-state index in [1.165, 1.54) is 38.1 Å². The third kappa shape index (κ3) is 3.81. The van der Waals surface area contributed by atoms with Crippen LogP contribution >= 0.6 is 0 Å². The molecule has 4 heteroatoms. The molecule has 0 unspecified atom stereocenters. The highest BCUT2D eigenvalue weighted by molar-refractivity contribution is 6.27. The van der Waals surface area contributed by atoms with Crippen molar-refractivity contribution in [2.75, 3.05) is 0 Å². The Hall–Kier alpha value is -5.87. The Morgan fingerprint density at radius 3 is 1.60 bits per heavy atom. The van der Waals surface area contributed by atoms with Crippen LogP contribution in [0.1, 0.15) is 0 Å². The minimum atomic E-state index is 0.645. The van der Waals surface area contributed by atoms with Crippen LogP contribution in [0.3, 0.4) is 0 Å². The normalized spacial score (nSPS) is 11.7. The zero-order valence-corrected chi connectivity index (χ0v) is 23.0. The molecule has 3 aromatic heterocycles. The molecule has 0 atom stereocenters. The van der Waals surface area contributed by atoms with E-state index in [4.69, 9.17) is 9.40 Å². The van der Waals surface area contributed by atoms with Crippen molar-refractivity contribution in [3.8, 4) is 44.8 Å². The molecule has 0 amide bonds. The van der Waals surface area contributed by atoms with Crippen LogP contribution in [0.5, 0.6) is 0 Å². The Kier molecular flexibility index (Phi) is 5.16. The van der Waals surface area contributed by atoms with Gasteiger partial charge < -0.3 is 4.42 Å². The monoisotopic (exact) mass is 549 g/mol. The van der Waals surface area contributed by atoms with Crippen LogP contribution in [-0.4, -0.2) is 15.0 Å². The second-order valence-electron chi connectivity index (χ2n) is 10.9. The van der Waals surface area contributed by atoms with E-state index in [0.717, 1.165) is 44.3 Å². The number of para-hydroxylation sites is 2. The Bertz CT molecular complexity index is 2360. The van der Waals surface area contributed by atoms with Crippen molar-refractivity contribution in [1.82, 2.24) is 15.0 Å². The molecule has 200 valence electrons. The topological polar surface area (TPSA) is 51.8 Å². The Morgan fingerprint density at radius 2 is 0.977 bits per heavy atom. The maximum Gasteiger partial charge on any atom is 0.227 e. The number of hydrogen-bond donors (Lipinski definition) is 0. The number of pyridine rings is 2. The van der Waals surface area contributed by atoms with Crippen LogP contribution in [0.4, 0.5) is 0 Å². The van der Waals surface area contributed by atoms with Gasteiger partial charge in [0.2, 0.25) is 5.89 Å². The summed E-state index contributed by atoms with van der Waals surface area (Å²) in [7, 11) is 0. The third-order valence-corrected chi connectivity index (χ3v) is 8.46. The van der Waals surface area contributed by atoms with Crippen molar-refractivity contribution in [3.63, 3.8) is 0 Å². The van der Waals surface area contributed by atoms with Gasteiger partial charge in [-0.1, -0.05) is 54.6 Å². The lowest BCUT2D eigenvalue weighted by molar-refractivity contribution is 0.620. The summed E-state index contributed by atoms with van der Waals surface area (Å²) in [6.45, 7) is 0. The van der Waals surface area contributed by atoms with E-state index in [1.807, 2.05) is 49.1 Å². The minimum absolute atomic E-state index is 0.645. The van der Waals surface area contributed by atoms with E-state index in [0.29, 0.717) is 5.89 Å². The second kappa shape index (κ2) is 9.33. The summed E-state index contributed by atoms with van der Waals surface area (Å²) in [5.74, 6) is 0.645. The standard InChI is InChI=1S/C39H23N3O/c1-2-4-36-35(3-1)42-39(43-36)34-12-8-27-6-10-32-31(9-5-26-7-11-33(34)38(27)37(26)32)30-22-28(24-13-17-40-18-14-24)21-29(23-30)25-15-19-41-20-16-25/h1-23H. The van der Waals surface area contributed by atoms with Gasteiger partial charge in [-0.3, -0.25) is 9.97 Å². The van der Waals surface area contributed by atoms with E-state index in [-0.39, 0.29) is 0 Å². The first kappa shape index (κ1) is 23.8. The van der Waals surface area contributed by atoms with Gasteiger partial charge in [-0.25, -0.2) is 4.98 Å². The van der Waals surface area contributed by atoms with E-state index in [9.17, 15) is 0 Å². The maximum atomic E-state index is 6.23. The molecule has 6 aromatic carbocycles. The summed E-state index contributed by atoms with van der Waals surface area (Å²) in [6.07, 6.45) is 7.38. The maximum absolute atomic E-state index is 6.23. The summed E-state index contributed by atoms with van der Waals surface area (Å²) < 4.78 is 6.23. The van der Waals surface area contributed by atoms with Gasteiger partial charge in [0.1, 0.15) is 5.52 Å². The predicted molar refractivity (Wildman–Crippen MR) is 175 cm³/mol. The molecule has 0 bridgehead atoms. The van der Waals surface area contributed by atoms with Crippen molar-refractivity contribution in [2.24, 2.45) is 0 Å². The molecule has 0 saturated heterocycles. The molecule has 0 N–H and O–H groups in total. The molecule has 0 radical (unpaired) electrons. The van der Waals surface area contributed by atoms with Gasteiger partial charge in [0.25, 0.3) is 0 Å². The quantitative estimate of drug-likeness (QED) is 0.205. The first-order valence-electron chi connectivity index (χ1n) is 14.3. The fourth-order valence-corrected chi connectivity index (χ4v) is 6.43. The highest BCUT2D eigenvalue weighted by Crippen LogP contribution is 2.43. The number of rotatable bonds is 4. The van der Waals surface area contributed by atoms with Crippen molar-refractivity contribution < 1.29 is 4.42 Å². The van der Waals surface area contributed by atoms with Gasteiger partial charge >= 0.3 is 0 Å². The average molecular weight is 550 g/mol. The average Bonchev–Trinajstić information content (AvgIpc) is 3.52. The molecular formula is C39H23N3O. The van der Waals surface area contributed by atoms with Crippen LogP contribution in [0.2, 0.25) is 0 Å². The van der Waals surface area contributed by atoms with Crippen LogP contribution in [-0.2, 0) is 0 Å². The summed E-state index contributed by atoms with van der Waals surface area (Å²) in [4.78, 5) is 13.3. The van der Waals surface area contributed by atoms with Crippen molar-refractivity contribution >= 4 is 43.4 Å². The van der Waals surface area contributed by atoms with E-state index in [1.54, 1.807) is 0 Å². The zero-order valence-electron chi connectivity index (χ0n) is 23.0. The highest BCUT2D eigenvalue weighted by atomic mass is 16.3. The molecule has 3 heterocycles. The van der Waals surface area contributed by atoms with Crippen molar-refractivity contribution in [3.05, 3.63) is 140 Å². The number of aromatic nitrogens is 3. The highest BCUT2D eigenvalue weighted by Gasteiger charge is 2.18. The molecule has 0 fully saturated rings. The molecule has 0 aliphatic carbocycles. The Labute approximate surface area is 247 Å². The van der Waals surface area contributed by atoms with Crippen LogP contribution < -0.4 is 0 Å². The van der Waals surface area contributed by atoms with Crippen LogP contribution in [0, 0.1) is 0 Å². The summed E-state index contributed by atoms with van der Waals surface area (Å²) in [5, 5.41) is 7.26. The first-order chi connectivity index (χ1) is 21.3. The summed E-state index contributed by atoms with van der Waals surface area (Å²) in [5.41, 5.74) is 9.59. The van der Waals surface area contributed by atoms with Gasteiger partial charge in [-0.2, -0.15) is 0 Å². The number of hydrogen-bond acceptors (Lipinski definition) is 4. The van der Waals surface area contributed by atoms with E-state index < -0.39 is 0 Å². The second-order valence-corrected chi connectivity index (χ2v) is 10.9. The molecule has 43 heavy (non-hydrogen) atoms. The number of fused-ring (bicyclic) bond motifs is 1. The van der Waals surface area contributed by atoms with Crippen molar-refractivity contribution in [2.45, 2.75) is 0 Å². The Balaban J connectivity index is 1.31. The summed E-state index contributed by atoms with van der Waals surface area (Å²) in [6, 6.07) is 40.7. The lowest BCUT2D eigenvalue weighted by Crippen LogP contribution is -1.91. The first-order valence-corrected chi connectivity index (χ1v) is 14.3. The van der Waals surface area contributed by atoms with Crippen molar-refractivity contribution in [1.29, 1.82) is 0 Å². The number of benzene rings is 6. The molecule has 9 aromatic rings. The van der Waals surface area contributed by atoms with Gasteiger partial charge in [0.15, 0.2) is 5.58 Å². The molecule has 0 aliphatic rings. The fraction of sp³-hybridized carbons (Fsp3) is 0. The molecule has 0 spiro atoms. The zero-order chi connectivity index (χ0) is 28.3. The van der Waals surface area contributed by atoms with Gasteiger partial charge in [0.05, 0.1) is 0 Å². The van der Waals surface area contributed by atoms with Gasteiger partial charge in [-0.05, 0) is 126 Å². The summed E-state index contributed by atoms with van der Waals surface area (Å²) >= 11 is 0. The van der Waals surface area contributed by atoms with E-state index >= 15 is 0 Å². The number of oxazole rings is 1. The predicted octanol–water partition coefficient (Wildman–Crippen LogP) is 10.2. The van der Waals surface area contributed by atoms with Crippen LogP contribution in [0.15, 0.2) is 144 Å². The van der Waals surface area contributed by atoms with E-state index in [2.05, 4.69) is 101 Å². The third-order valence-electron chi connectivity index (χ3n) is 8.46. The largest absolute Gasteiger partial charge is 0.436 e. The molecule has 0 saturated carbocycles. The molecule has 9 rings (SSSR count). The van der Waals surface area contributed by atoms with Gasteiger partial charge in [0, 0.05) is 30.4 Å². The fourth-order valence-electron chi connectivity index (χ4n) is 6.43.